The molecule has 0 bridgehead atoms. The highest BCUT2D eigenvalue weighted by molar-refractivity contribution is 6.36. The Morgan fingerprint density at radius 3 is 2.21 bits per heavy atom. The van der Waals surface area contributed by atoms with Crippen molar-refractivity contribution < 1.29 is 23.8 Å². The van der Waals surface area contributed by atoms with Crippen LogP contribution in [0.5, 0.6) is 17.2 Å². The van der Waals surface area contributed by atoms with Crippen LogP contribution in [0.1, 0.15) is 11.1 Å². The summed E-state index contributed by atoms with van der Waals surface area (Å²) in [7, 11) is 4.67. The molecule has 33 heavy (non-hydrogen) atoms. The number of nitrogens with one attached hydrogen (secondary N) is 1. The summed E-state index contributed by atoms with van der Waals surface area (Å²) >= 11 is 0. The minimum Gasteiger partial charge on any atom is -0.497 e. The Morgan fingerprint density at radius 2 is 1.52 bits per heavy atom. The molecule has 0 saturated heterocycles. The van der Waals surface area contributed by atoms with E-state index in [1.165, 1.54) is 4.90 Å². The van der Waals surface area contributed by atoms with Crippen molar-refractivity contribution in [3.8, 4) is 17.2 Å². The molecule has 168 valence electrons. The molecule has 1 aliphatic rings. The number of rotatable bonds is 8. The van der Waals surface area contributed by atoms with E-state index in [1.54, 1.807) is 45.6 Å². The molecule has 0 unspecified atom stereocenters. The maximum Gasteiger partial charge on any atom is 0.278 e. The molecule has 7 nitrogen and oxygen atoms in total. The highest BCUT2D eigenvalue weighted by Gasteiger charge is 2.39. The lowest BCUT2D eigenvalue weighted by Crippen LogP contribution is -2.32. The van der Waals surface area contributed by atoms with E-state index in [0.29, 0.717) is 34.1 Å². The zero-order valence-electron chi connectivity index (χ0n) is 18.6. The van der Waals surface area contributed by atoms with Gasteiger partial charge in [0.2, 0.25) is 0 Å². The topological polar surface area (TPSA) is 77.1 Å². The second-order valence-corrected chi connectivity index (χ2v) is 7.36. The highest BCUT2D eigenvalue weighted by atomic mass is 16.5. The highest BCUT2D eigenvalue weighted by Crippen LogP contribution is 2.33. The smallest absolute Gasteiger partial charge is 0.278 e. The number of hydrogen-bond donors (Lipinski definition) is 1. The molecule has 0 aliphatic carbocycles. The molecule has 1 N–H and O–H groups in total. The van der Waals surface area contributed by atoms with E-state index in [4.69, 9.17) is 14.2 Å². The summed E-state index contributed by atoms with van der Waals surface area (Å²) in [6.45, 7) is 0.0949. The van der Waals surface area contributed by atoms with Crippen molar-refractivity contribution in [2.45, 2.75) is 6.54 Å². The largest absolute Gasteiger partial charge is 0.497 e. The van der Waals surface area contributed by atoms with Gasteiger partial charge in [0.05, 0.1) is 33.4 Å². The second-order valence-electron chi connectivity index (χ2n) is 7.36. The molecule has 0 aromatic heterocycles. The van der Waals surface area contributed by atoms with E-state index < -0.39 is 5.91 Å². The fourth-order valence-corrected chi connectivity index (χ4v) is 3.71. The lowest BCUT2D eigenvalue weighted by molar-refractivity contribution is -0.137. The number of anilines is 1. The molecule has 4 rings (SSSR count). The molecule has 3 aromatic carbocycles. The number of ether oxygens (including phenoxy) is 3. The van der Waals surface area contributed by atoms with Crippen LogP contribution in [0.2, 0.25) is 0 Å². The Bertz CT molecular complexity index is 1220. The van der Waals surface area contributed by atoms with Gasteiger partial charge in [0.1, 0.15) is 11.4 Å². The van der Waals surface area contributed by atoms with Gasteiger partial charge in [0.15, 0.2) is 11.5 Å². The number of imide groups is 1. The molecule has 0 radical (unpaired) electrons. The number of nitrogens with zero attached hydrogens (tertiary/aromatic N) is 1. The van der Waals surface area contributed by atoms with Crippen molar-refractivity contribution in [2.24, 2.45) is 0 Å². The maximum atomic E-state index is 13.4. The van der Waals surface area contributed by atoms with Gasteiger partial charge in [-0.05, 0) is 35.4 Å². The molecule has 1 heterocycles. The van der Waals surface area contributed by atoms with E-state index in [0.717, 1.165) is 5.56 Å². The van der Waals surface area contributed by atoms with Gasteiger partial charge in [-0.3, -0.25) is 14.5 Å². The number of carbonyl (C=O) groups excluding carboxylic acids is 2. The standard InChI is InChI=1S/C26H24N2O5/c1-31-20-11-7-10-19(15-20)27-24-23(18-8-5-4-6-9-18)25(29)28(26(24)30)16-17-12-13-21(32-2)22(14-17)33-3/h4-15,27H,16H2,1-3H3. The minimum absolute atomic E-state index is 0.0949. The fourth-order valence-electron chi connectivity index (χ4n) is 3.71. The third-order valence-electron chi connectivity index (χ3n) is 5.36. The van der Waals surface area contributed by atoms with Crippen LogP contribution in [0, 0.1) is 0 Å². The summed E-state index contributed by atoms with van der Waals surface area (Å²) in [5, 5.41) is 3.14. The lowest BCUT2D eigenvalue weighted by Gasteiger charge is -2.17. The molecule has 0 atom stereocenters. The third-order valence-corrected chi connectivity index (χ3v) is 5.36. The summed E-state index contributed by atoms with van der Waals surface area (Å²) < 4.78 is 15.9. The van der Waals surface area contributed by atoms with Crippen molar-refractivity contribution in [1.82, 2.24) is 4.90 Å². The van der Waals surface area contributed by atoms with Crippen molar-refractivity contribution in [3.05, 3.63) is 89.6 Å². The van der Waals surface area contributed by atoms with Gasteiger partial charge in [0, 0.05) is 11.8 Å². The zero-order valence-corrected chi connectivity index (χ0v) is 18.6. The van der Waals surface area contributed by atoms with Crippen LogP contribution in [-0.2, 0) is 16.1 Å². The van der Waals surface area contributed by atoms with Crippen LogP contribution < -0.4 is 19.5 Å². The first-order chi connectivity index (χ1) is 16.0. The summed E-state index contributed by atoms with van der Waals surface area (Å²) in [5.74, 6) is 0.965. The molecule has 0 spiro atoms. The van der Waals surface area contributed by atoms with Crippen molar-refractivity contribution in [1.29, 1.82) is 0 Å². The number of methoxy groups -OCH3 is 3. The van der Waals surface area contributed by atoms with Crippen LogP contribution in [0.15, 0.2) is 78.5 Å². The average Bonchev–Trinajstić information content (AvgIpc) is 3.08. The SMILES string of the molecule is COc1cccc(NC2=C(c3ccccc3)C(=O)N(Cc3ccc(OC)c(OC)c3)C2=O)c1. The van der Waals surface area contributed by atoms with E-state index in [-0.39, 0.29) is 18.1 Å². The van der Waals surface area contributed by atoms with E-state index in [2.05, 4.69) is 5.32 Å². The number of benzene rings is 3. The molecular weight excluding hydrogens is 420 g/mol. The second kappa shape index (κ2) is 9.48. The van der Waals surface area contributed by atoms with Crippen molar-refractivity contribution >= 4 is 23.1 Å². The average molecular weight is 444 g/mol. The Kier molecular flexibility index (Phi) is 6.31. The Morgan fingerprint density at radius 1 is 0.758 bits per heavy atom. The van der Waals surface area contributed by atoms with Crippen LogP contribution in [0.3, 0.4) is 0 Å². The molecule has 2 amide bonds. The monoisotopic (exact) mass is 444 g/mol. The summed E-state index contributed by atoms with van der Waals surface area (Å²) in [5.41, 5.74) is 2.59. The Balaban J connectivity index is 1.70. The third kappa shape index (κ3) is 4.39. The molecule has 0 saturated carbocycles. The quantitative estimate of drug-likeness (QED) is 0.527. The van der Waals surface area contributed by atoms with Gasteiger partial charge in [-0.2, -0.15) is 0 Å². The predicted molar refractivity (Wildman–Crippen MR) is 125 cm³/mol. The molecule has 7 heteroatoms. The molecular formula is C26H24N2O5. The van der Waals surface area contributed by atoms with Gasteiger partial charge >= 0.3 is 0 Å². The van der Waals surface area contributed by atoms with Gasteiger partial charge in [-0.1, -0.05) is 42.5 Å². The van der Waals surface area contributed by atoms with Crippen molar-refractivity contribution in [3.63, 3.8) is 0 Å². The fraction of sp³-hybridized carbons (Fsp3) is 0.154. The van der Waals surface area contributed by atoms with Crippen LogP contribution >= 0.6 is 0 Å². The van der Waals surface area contributed by atoms with E-state index in [9.17, 15) is 9.59 Å². The first-order valence-electron chi connectivity index (χ1n) is 10.3. The first kappa shape index (κ1) is 22.0. The first-order valence-corrected chi connectivity index (χ1v) is 10.3. The molecule has 0 fully saturated rings. The van der Waals surface area contributed by atoms with Crippen molar-refractivity contribution in [2.75, 3.05) is 26.6 Å². The van der Waals surface area contributed by atoms with E-state index in [1.807, 2.05) is 48.5 Å². The maximum absolute atomic E-state index is 13.4. The normalized spacial score (nSPS) is 13.4. The Hall–Kier alpha value is -4.26. The van der Waals surface area contributed by atoms with Gasteiger partial charge < -0.3 is 19.5 Å². The van der Waals surface area contributed by atoms with Crippen LogP contribution in [0.25, 0.3) is 5.57 Å². The number of hydrogen-bond acceptors (Lipinski definition) is 6. The number of carbonyl (C=O) groups is 2. The van der Waals surface area contributed by atoms with E-state index >= 15 is 0 Å². The summed E-state index contributed by atoms with van der Waals surface area (Å²) in [6, 6.07) is 21.7. The zero-order chi connectivity index (χ0) is 23.4. The Labute approximate surface area is 192 Å². The van der Waals surface area contributed by atoms with Gasteiger partial charge in [-0.15, -0.1) is 0 Å². The van der Waals surface area contributed by atoms with Gasteiger partial charge in [-0.25, -0.2) is 0 Å². The van der Waals surface area contributed by atoms with Crippen LogP contribution in [0.4, 0.5) is 5.69 Å². The minimum atomic E-state index is -0.406. The molecule has 1 aliphatic heterocycles. The lowest BCUT2D eigenvalue weighted by atomic mass is 10.0. The summed E-state index contributed by atoms with van der Waals surface area (Å²) in [4.78, 5) is 28.1. The summed E-state index contributed by atoms with van der Waals surface area (Å²) in [6.07, 6.45) is 0. The predicted octanol–water partition coefficient (Wildman–Crippen LogP) is 4.10. The number of amides is 2. The molecule has 3 aromatic rings. The van der Waals surface area contributed by atoms with Gasteiger partial charge in [0.25, 0.3) is 11.8 Å². The van der Waals surface area contributed by atoms with Crippen LogP contribution in [-0.4, -0.2) is 38.0 Å².